The Hall–Kier alpha value is -3.18. The number of amides is 1. The van der Waals surface area contributed by atoms with Crippen LogP contribution in [0.5, 0.6) is 0 Å². The minimum atomic E-state index is -0.0494. The molecular weight excluding hydrogens is 408 g/mol. The molecule has 5 nitrogen and oxygen atoms in total. The Morgan fingerprint density at radius 1 is 0.903 bits per heavy atom. The van der Waals surface area contributed by atoms with Gasteiger partial charge in [-0.2, -0.15) is 0 Å². The maximum absolute atomic E-state index is 12.7. The summed E-state index contributed by atoms with van der Waals surface area (Å²) in [6, 6.07) is 18.1. The monoisotopic (exact) mass is 430 g/mol. The number of carbonyl (C=O) groups is 1. The molecule has 6 heteroatoms. The normalized spacial score (nSPS) is 18.7. The zero-order chi connectivity index (χ0) is 21.2. The molecule has 2 N–H and O–H groups in total. The molecule has 4 aromatic rings. The van der Waals surface area contributed by atoms with Crippen molar-refractivity contribution in [2.45, 2.75) is 37.8 Å². The molecule has 0 atom stereocenters. The van der Waals surface area contributed by atoms with E-state index < -0.39 is 0 Å². The summed E-state index contributed by atoms with van der Waals surface area (Å²) in [6.45, 7) is 0. The van der Waals surface area contributed by atoms with Crippen molar-refractivity contribution in [3.05, 3.63) is 77.6 Å². The van der Waals surface area contributed by atoms with E-state index in [4.69, 9.17) is 11.6 Å². The number of fused-ring (bicyclic) bond motifs is 2. The van der Waals surface area contributed by atoms with Gasteiger partial charge in [0.2, 0.25) is 0 Å². The average molecular weight is 431 g/mol. The molecule has 0 radical (unpaired) electrons. The van der Waals surface area contributed by atoms with Crippen LogP contribution in [-0.2, 0) is 0 Å². The summed E-state index contributed by atoms with van der Waals surface area (Å²) in [6.07, 6.45) is 7.35. The van der Waals surface area contributed by atoms with Gasteiger partial charge in [0.1, 0.15) is 0 Å². The number of nitrogens with zero attached hydrogens (tertiary/aromatic N) is 2. The molecule has 2 aromatic heterocycles. The third-order valence-electron chi connectivity index (χ3n) is 5.98. The molecule has 0 unspecified atom stereocenters. The fourth-order valence-corrected chi connectivity index (χ4v) is 4.48. The van der Waals surface area contributed by atoms with Gasteiger partial charge in [0, 0.05) is 46.0 Å². The van der Waals surface area contributed by atoms with Gasteiger partial charge in [-0.3, -0.25) is 14.8 Å². The van der Waals surface area contributed by atoms with Crippen LogP contribution < -0.4 is 10.6 Å². The lowest BCUT2D eigenvalue weighted by Crippen LogP contribution is -2.40. The summed E-state index contributed by atoms with van der Waals surface area (Å²) in [4.78, 5) is 21.5. The van der Waals surface area contributed by atoms with Crippen LogP contribution in [0.15, 0.2) is 67.0 Å². The van der Waals surface area contributed by atoms with Gasteiger partial charge >= 0.3 is 0 Å². The Labute approximate surface area is 185 Å². The highest BCUT2D eigenvalue weighted by Gasteiger charge is 2.23. The third-order valence-corrected chi connectivity index (χ3v) is 6.21. The van der Waals surface area contributed by atoms with E-state index in [0.717, 1.165) is 53.2 Å². The second kappa shape index (κ2) is 8.52. The standard InChI is InChI=1S/C25H23ClN4O/c26-18-5-10-21-23(11-12-27-24(21)14-18)29-19-6-8-20(9-7-19)30-25(31)17-13-16-3-1-2-4-22(16)28-15-17/h1-5,10-15,19-20H,6-9H2,(H,27,29)(H,30,31). The summed E-state index contributed by atoms with van der Waals surface area (Å²) in [7, 11) is 0. The maximum Gasteiger partial charge on any atom is 0.253 e. The number of halogens is 1. The van der Waals surface area contributed by atoms with Crippen molar-refractivity contribution in [2.24, 2.45) is 0 Å². The number of benzene rings is 2. The predicted molar refractivity (Wildman–Crippen MR) is 126 cm³/mol. The molecule has 31 heavy (non-hydrogen) atoms. The Balaban J connectivity index is 1.20. The van der Waals surface area contributed by atoms with Gasteiger partial charge in [-0.1, -0.05) is 29.8 Å². The number of hydrogen-bond donors (Lipinski definition) is 2. The first-order valence-electron chi connectivity index (χ1n) is 10.6. The van der Waals surface area contributed by atoms with Gasteiger partial charge in [-0.15, -0.1) is 0 Å². The van der Waals surface area contributed by atoms with Gasteiger partial charge < -0.3 is 10.6 Å². The van der Waals surface area contributed by atoms with Crippen molar-refractivity contribution in [2.75, 3.05) is 5.32 Å². The van der Waals surface area contributed by atoms with Crippen LogP contribution in [0.4, 0.5) is 5.69 Å². The fraction of sp³-hybridized carbons (Fsp3) is 0.240. The number of aromatic nitrogens is 2. The quantitative estimate of drug-likeness (QED) is 0.443. The maximum atomic E-state index is 12.7. The van der Waals surface area contributed by atoms with Gasteiger partial charge in [0.15, 0.2) is 0 Å². The number of nitrogens with one attached hydrogen (secondary N) is 2. The number of para-hydroxylation sites is 1. The van der Waals surface area contributed by atoms with Crippen molar-refractivity contribution in [1.29, 1.82) is 0 Å². The van der Waals surface area contributed by atoms with Crippen molar-refractivity contribution < 1.29 is 4.79 Å². The summed E-state index contributed by atoms with van der Waals surface area (Å²) >= 11 is 6.09. The van der Waals surface area contributed by atoms with E-state index in [1.807, 2.05) is 60.8 Å². The minimum Gasteiger partial charge on any atom is -0.382 e. The first-order chi connectivity index (χ1) is 15.2. The van der Waals surface area contributed by atoms with E-state index in [0.29, 0.717) is 16.6 Å². The molecule has 1 aliphatic rings. The summed E-state index contributed by atoms with van der Waals surface area (Å²) < 4.78 is 0. The Morgan fingerprint density at radius 2 is 1.71 bits per heavy atom. The third kappa shape index (κ3) is 4.32. The summed E-state index contributed by atoms with van der Waals surface area (Å²) in [5.41, 5.74) is 3.48. The van der Waals surface area contributed by atoms with Crippen LogP contribution in [0.1, 0.15) is 36.0 Å². The first-order valence-corrected chi connectivity index (χ1v) is 11.0. The lowest BCUT2D eigenvalue weighted by atomic mass is 9.90. The fourth-order valence-electron chi connectivity index (χ4n) is 4.31. The minimum absolute atomic E-state index is 0.0494. The lowest BCUT2D eigenvalue weighted by Gasteiger charge is -2.30. The molecule has 1 aliphatic carbocycles. The predicted octanol–water partition coefficient (Wildman–Crippen LogP) is 5.59. The smallest absolute Gasteiger partial charge is 0.253 e. The summed E-state index contributed by atoms with van der Waals surface area (Å²) in [5, 5.41) is 9.60. The van der Waals surface area contributed by atoms with E-state index in [1.54, 1.807) is 6.20 Å². The van der Waals surface area contributed by atoms with Crippen LogP contribution in [0.3, 0.4) is 0 Å². The van der Waals surface area contributed by atoms with Crippen LogP contribution in [0.25, 0.3) is 21.8 Å². The Kier molecular flexibility index (Phi) is 5.43. The Morgan fingerprint density at radius 3 is 2.58 bits per heavy atom. The molecule has 2 heterocycles. The molecule has 156 valence electrons. The second-order valence-corrected chi connectivity index (χ2v) is 8.54. The van der Waals surface area contributed by atoms with Gasteiger partial charge in [-0.25, -0.2) is 0 Å². The molecule has 2 aromatic carbocycles. The molecule has 0 aliphatic heterocycles. The number of pyridine rings is 2. The van der Waals surface area contributed by atoms with Gasteiger partial charge in [-0.05, 0) is 62.1 Å². The molecular formula is C25H23ClN4O. The average Bonchev–Trinajstić information content (AvgIpc) is 2.80. The van der Waals surface area contributed by atoms with Crippen LogP contribution in [0.2, 0.25) is 5.02 Å². The van der Waals surface area contributed by atoms with Crippen molar-refractivity contribution >= 4 is 45.0 Å². The number of anilines is 1. The molecule has 5 rings (SSSR count). The highest BCUT2D eigenvalue weighted by molar-refractivity contribution is 6.31. The number of rotatable bonds is 4. The molecule has 0 spiro atoms. The van der Waals surface area contributed by atoms with Crippen LogP contribution in [0, 0.1) is 0 Å². The van der Waals surface area contributed by atoms with E-state index in [2.05, 4.69) is 20.6 Å². The van der Waals surface area contributed by atoms with E-state index in [1.165, 1.54) is 0 Å². The van der Waals surface area contributed by atoms with Crippen molar-refractivity contribution in [3.63, 3.8) is 0 Å². The van der Waals surface area contributed by atoms with E-state index in [9.17, 15) is 4.79 Å². The topological polar surface area (TPSA) is 66.9 Å². The molecule has 1 amide bonds. The van der Waals surface area contributed by atoms with Crippen LogP contribution in [-0.4, -0.2) is 28.0 Å². The number of carbonyl (C=O) groups excluding carboxylic acids is 1. The largest absolute Gasteiger partial charge is 0.382 e. The highest BCUT2D eigenvalue weighted by atomic mass is 35.5. The van der Waals surface area contributed by atoms with E-state index >= 15 is 0 Å². The second-order valence-electron chi connectivity index (χ2n) is 8.10. The molecule has 0 saturated heterocycles. The molecule has 1 saturated carbocycles. The summed E-state index contributed by atoms with van der Waals surface area (Å²) in [5.74, 6) is -0.0494. The van der Waals surface area contributed by atoms with Crippen molar-refractivity contribution in [3.8, 4) is 0 Å². The molecule has 1 fully saturated rings. The molecule has 0 bridgehead atoms. The zero-order valence-electron chi connectivity index (χ0n) is 17.0. The van der Waals surface area contributed by atoms with Gasteiger partial charge in [0.05, 0.1) is 16.6 Å². The van der Waals surface area contributed by atoms with E-state index in [-0.39, 0.29) is 11.9 Å². The highest BCUT2D eigenvalue weighted by Crippen LogP contribution is 2.28. The zero-order valence-corrected chi connectivity index (χ0v) is 17.8. The first kappa shape index (κ1) is 19.8. The Bertz CT molecular complexity index is 1250. The van der Waals surface area contributed by atoms with Crippen molar-refractivity contribution in [1.82, 2.24) is 15.3 Å². The van der Waals surface area contributed by atoms with Gasteiger partial charge in [0.25, 0.3) is 5.91 Å². The van der Waals surface area contributed by atoms with Crippen LogP contribution >= 0.6 is 11.6 Å². The lowest BCUT2D eigenvalue weighted by molar-refractivity contribution is 0.0926. The SMILES string of the molecule is O=C(NC1CCC(Nc2ccnc3cc(Cl)ccc23)CC1)c1cnc2ccccc2c1. The number of hydrogen-bond acceptors (Lipinski definition) is 4.